The second-order valence-corrected chi connectivity index (χ2v) is 6.24. The van der Waals surface area contributed by atoms with Crippen LogP contribution in [0.1, 0.15) is 21.6 Å². The lowest BCUT2D eigenvalue weighted by Gasteiger charge is -2.07. The summed E-state index contributed by atoms with van der Waals surface area (Å²) in [6.45, 7) is -0.315. The number of ether oxygens (including phenoxy) is 1. The van der Waals surface area contributed by atoms with E-state index in [2.05, 4.69) is 9.84 Å². The SMILES string of the molecule is COC(=O)c1cccc(Cn2cc(-c3ccccc3Cl)c(C(F)(F)F)n2)c1F. The number of hydrogen-bond acceptors (Lipinski definition) is 3. The highest BCUT2D eigenvalue weighted by Gasteiger charge is 2.38. The maximum Gasteiger partial charge on any atom is 0.435 e. The molecule has 0 unspecified atom stereocenters. The van der Waals surface area contributed by atoms with E-state index in [-0.39, 0.29) is 33.8 Å². The standard InChI is InChI=1S/C19H13ClF4N2O2/c1-28-18(27)13-7-4-5-11(16(13)21)9-26-10-14(17(25-26)19(22,23)24)12-6-2-3-8-15(12)20/h2-8,10H,9H2,1H3. The molecule has 0 saturated heterocycles. The molecule has 0 N–H and O–H groups in total. The second-order valence-electron chi connectivity index (χ2n) is 5.84. The molecule has 0 fully saturated rings. The zero-order chi connectivity index (χ0) is 20.5. The number of benzene rings is 2. The van der Waals surface area contributed by atoms with Gasteiger partial charge in [0, 0.05) is 27.9 Å². The molecule has 146 valence electrons. The molecule has 9 heteroatoms. The van der Waals surface area contributed by atoms with Crippen LogP contribution < -0.4 is 0 Å². The molecule has 0 saturated carbocycles. The van der Waals surface area contributed by atoms with Crippen molar-refractivity contribution in [1.29, 1.82) is 0 Å². The number of nitrogens with zero attached hydrogens (tertiary/aromatic N) is 2. The van der Waals surface area contributed by atoms with E-state index in [1.165, 1.54) is 30.3 Å². The van der Waals surface area contributed by atoms with Crippen LogP contribution >= 0.6 is 11.6 Å². The lowest BCUT2D eigenvalue weighted by Crippen LogP contribution is -2.11. The summed E-state index contributed by atoms with van der Waals surface area (Å²) in [4.78, 5) is 11.6. The third kappa shape index (κ3) is 3.87. The average Bonchev–Trinajstić information content (AvgIpc) is 3.07. The number of rotatable bonds is 4. The van der Waals surface area contributed by atoms with Gasteiger partial charge in [0.05, 0.1) is 19.2 Å². The Bertz CT molecular complexity index is 1030. The first-order chi connectivity index (χ1) is 13.2. The first-order valence-corrected chi connectivity index (χ1v) is 8.35. The Morgan fingerprint density at radius 1 is 1.14 bits per heavy atom. The van der Waals surface area contributed by atoms with Gasteiger partial charge in [-0.1, -0.05) is 41.9 Å². The van der Waals surface area contributed by atoms with Gasteiger partial charge in [0.25, 0.3) is 0 Å². The fourth-order valence-electron chi connectivity index (χ4n) is 2.73. The fraction of sp³-hybridized carbons (Fsp3) is 0.158. The third-order valence-electron chi connectivity index (χ3n) is 4.01. The molecule has 2 aromatic carbocycles. The van der Waals surface area contributed by atoms with Crippen LogP contribution in [-0.4, -0.2) is 22.9 Å². The van der Waals surface area contributed by atoms with Crippen molar-refractivity contribution in [3.05, 3.63) is 76.3 Å². The second kappa shape index (κ2) is 7.63. The van der Waals surface area contributed by atoms with Crippen molar-refractivity contribution in [2.45, 2.75) is 12.7 Å². The maximum atomic E-state index is 14.5. The Kier molecular flexibility index (Phi) is 5.42. The van der Waals surface area contributed by atoms with Gasteiger partial charge in [-0.05, 0) is 12.1 Å². The smallest absolute Gasteiger partial charge is 0.435 e. The minimum Gasteiger partial charge on any atom is -0.465 e. The van der Waals surface area contributed by atoms with Gasteiger partial charge >= 0.3 is 12.1 Å². The molecule has 0 aliphatic heterocycles. The number of aromatic nitrogens is 2. The number of alkyl halides is 3. The quantitative estimate of drug-likeness (QED) is 0.437. The fourth-order valence-corrected chi connectivity index (χ4v) is 2.97. The van der Waals surface area contributed by atoms with Gasteiger partial charge in [0.15, 0.2) is 5.69 Å². The van der Waals surface area contributed by atoms with Crippen LogP contribution in [0.25, 0.3) is 11.1 Å². The van der Waals surface area contributed by atoms with Crippen molar-refractivity contribution in [3.8, 4) is 11.1 Å². The number of halogens is 5. The number of carbonyl (C=O) groups excluding carboxylic acids is 1. The van der Waals surface area contributed by atoms with E-state index in [9.17, 15) is 22.4 Å². The van der Waals surface area contributed by atoms with Crippen LogP contribution in [0.2, 0.25) is 5.02 Å². The zero-order valence-corrected chi connectivity index (χ0v) is 15.2. The van der Waals surface area contributed by atoms with Gasteiger partial charge in [-0.3, -0.25) is 4.68 Å². The van der Waals surface area contributed by atoms with E-state index in [1.807, 2.05) is 0 Å². The van der Waals surface area contributed by atoms with Crippen LogP contribution in [0.4, 0.5) is 17.6 Å². The summed E-state index contributed by atoms with van der Waals surface area (Å²) >= 11 is 6.03. The minimum absolute atomic E-state index is 0.00941. The van der Waals surface area contributed by atoms with Crippen LogP contribution in [-0.2, 0) is 17.5 Å². The molecule has 3 rings (SSSR count). The van der Waals surface area contributed by atoms with E-state index < -0.39 is 23.7 Å². The summed E-state index contributed by atoms with van der Waals surface area (Å²) in [7, 11) is 1.10. The molecule has 4 nitrogen and oxygen atoms in total. The molecule has 0 aliphatic rings. The number of esters is 1. The molecule has 0 radical (unpaired) electrons. The summed E-state index contributed by atoms with van der Waals surface area (Å²) in [6, 6.07) is 10.0. The molecule has 1 heterocycles. The van der Waals surface area contributed by atoms with Crippen molar-refractivity contribution >= 4 is 17.6 Å². The summed E-state index contributed by atoms with van der Waals surface area (Å²) in [5.74, 6) is -1.76. The molecule has 0 bridgehead atoms. The van der Waals surface area contributed by atoms with E-state index in [4.69, 9.17) is 11.6 Å². The van der Waals surface area contributed by atoms with Crippen molar-refractivity contribution in [2.75, 3.05) is 7.11 Å². The van der Waals surface area contributed by atoms with Crippen molar-refractivity contribution in [2.24, 2.45) is 0 Å². The van der Waals surface area contributed by atoms with E-state index >= 15 is 0 Å². The van der Waals surface area contributed by atoms with Gasteiger partial charge in [0.2, 0.25) is 0 Å². The Morgan fingerprint density at radius 3 is 2.50 bits per heavy atom. The Morgan fingerprint density at radius 2 is 1.86 bits per heavy atom. The normalized spacial score (nSPS) is 11.5. The summed E-state index contributed by atoms with van der Waals surface area (Å²) in [5, 5.41) is 3.71. The highest BCUT2D eigenvalue weighted by molar-refractivity contribution is 6.33. The lowest BCUT2D eigenvalue weighted by atomic mass is 10.1. The Hall–Kier alpha value is -2.87. The van der Waals surface area contributed by atoms with Crippen LogP contribution in [0, 0.1) is 5.82 Å². The van der Waals surface area contributed by atoms with Gasteiger partial charge in [-0.25, -0.2) is 9.18 Å². The third-order valence-corrected chi connectivity index (χ3v) is 4.34. The lowest BCUT2D eigenvalue weighted by molar-refractivity contribution is -0.141. The van der Waals surface area contributed by atoms with Crippen molar-refractivity contribution in [1.82, 2.24) is 9.78 Å². The van der Waals surface area contributed by atoms with Crippen LogP contribution in [0.5, 0.6) is 0 Å². The predicted octanol–water partition coefficient (Wildman–Crippen LogP) is 5.20. The maximum absolute atomic E-state index is 14.5. The summed E-state index contributed by atoms with van der Waals surface area (Å²) < 4.78 is 60.4. The van der Waals surface area contributed by atoms with E-state index in [0.717, 1.165) is 18.0 Å². The van der Waals surface area contributed by atoms with Gasteiger partial charge in [0.1, 0.15) is 5.82 Å². The first-order valence-electron chi connectivity index (χ1n) is 7.97. The zero-order valence-electron chi connectivity index (χ0n) is 14.4. The van der Waals surface area contributed by atoms with Gasteiger partial charge < -0.3 is 4.74 Å². The summed E-state index contributed by atoms with van der Waals surface area (Å²) in [6.07, 6.45) is -3.58. The molecule has 0 aliphatic carbocycles. The van der Waals surface area contributed by atoms with Gasteiger partial charge in [-0.15, -0.1) is 0 Å². The molecule has 28 heavy (non-hydrogen) atoms. The molecular weight excluding hydrogens is 400 g/mol. The van der Waals surface area contributed by atoms with Crippen molar-refractivity contribution in [3.63, 3.8) is 0 Å². The topological polar surface area (TPSA) is 44.1 Å². The molecule has 0 atom stereocenters. The monoisotopic (exact) mass is 412 g/mol. The van der Waals surface area contributed by atoms with Crippen molar-refractivity contribution < 1.29 is 27.1 Å². The highest BCUT2D eigenvalue weighted by Crippen LogP contribution is 2.38. The van der Waals surface area contributed by atoms with Gasteiger partial charge in [-0.2, -0.15) is 18.3 Å². The van der Waals surface area contributed by atoms with Crippen LogP contribution in [0.15, 0.2) is 48.7 Å². The molecule has 0 spiro atoms. The Labute approximate surface area is 162 Å². The molecule has 0 amide bonds. The largest absolute Gasteiger partial charge is 0.465 e. The molecular formula is C19H13ClF4N2O2. The van der Waals surface area contributed by atoms with E-state index in [1.54, 1.807) is 12.1 Å². The van der Waals surface area contributed by atoms with Crippen LogP contribution in [0.3, 0.4) is 0 Å². The average molecular weight is 413 g/mol. The Balaban J connectivity index is 2.06. The number of methoxy groups -OCH3 is 1. The first kappa shape index (κ1) is 19.9. The number of carbonyl (C=O) groups is 1. The van der Waals surface area contributed by atoms with E-state index in [0.29, 0.717) is 0 Å². The number of hydrogen-bond donors (Lipinski definition) is 0. The minimum atomic E-state index is -4.73. The highest BCUT2D eigenvalue weighted by atomic mass is 35.5. The predicted molar refractivity (Wildman–Crippen MR) is 94.5 cm³/mol. The molecule has 1 aromatic heterocycles. The molecule has 3 aromatic rings. The summed E-state index contributed by atoms with van der Waals surface area (Å²) in [5.41, 5.74) is -1.52.